The van der Waals surface area contributed by atoms with Crippen molar-refractivity contribution in [3.63, 3.8) is 0 Å². The van der Waals surface area contributed by atoms with Gasteiger partial charge in [-0.05, 0) is 35.2 Å². The van der Waals surface area contributed by atoms with E-state index in [-0.39, 0.29) is 43.5 Å². The highest BCUT2D eigenvalue weighted by Crippen LogP contribution is 2.42. The number of hydrogen-bond acceptors (Lipinski definition) is 7. The van der Waals surface area contributed by atoms with Crippen molar-refractivity contribution in [2.24, 2.45) is 5.92 Å². The van der Waals surface area contributed by atoms with E-state index in [4.69, 9.17) is 14.6 Å². The van der Waals surface area contributed by atoms with Gasteiger partial charge in [0.1, 0.15) is 0 Å². The SMILES string of the molecule is CC1C(CN2CCN(Cc3ccccc3)CC2)OC(c2ccc(NC(=O)CCCC(=O)O)cc2)OC1c1ccc(CO)cc1. The number of benzene rings is 3. The Labute approximate surface area is 259 Å². The van der Waals surface area contributed by atoms with Gasteiger partial charge in [-0.1, -0.05) is 73.7 Å². The molecule has 0 spiro atoms. The number of nitrogens with one attached hydrogen (secondary N) is 1. The molecule has 234 valence electrons. The Morgan fingerprint density at radius 2 is 1.48 bits per heavy atom. The number of carboxylic acid groups (broad SMARTS) is 1. The van der Waals surface area contributed by atoms with E-state index in [0.717, 1.165) is 56.0 Å². The van der Waals surface area contributed by atoms with Crippen LogP contribution in [-0.4, -0.2) is 70.7 Å². The van der Waals surface area contributed by atoms with Crippen LogP contribution in [0.1, 0.15) is 60.8 Å². The number of carboxylic acids is 1. The molecular weight excluding hydrogens is 558 g/mol. The number of carbonyl (C=O) groups excluding carboxylic acids is 1. The van der Waals surface area contributed by atoms with E-state index in [1.54, 1.807) is 0 Å². The Hall–Kier alpha value is -3.60. The van der Waals surface area contributed by atoms with Gasteiger partial charge in [0, 0.05) is 69.3 Å². The fourth-order valence-electron chi connectivity index (χ4n) is 5.90. The molecule has 0 aliphatic carbocycles. The lowest BCUT2D eigenvalue weighted by molar-refractivity contribution is -0.276. The van der Waals surface area contributed by atoms with Crippen molar-refractivity contribution in [1.29, 1.82) is 0 Å². The number of amides is 1. The molecule has 4 atom stereocenters. The lowest BCUT2D eigenvalue weighted by atomic mass is 9.90. The highest BCUT2D eigenvalue weighted by atomic mass is 16.7. The number of aliphatic hydroxyl groups is 1. The van der Waals surface area contributed by atoms with Crippen LogP contribution in [-0.2, 0) is 32.2 Å². The third kappa shape index (κ3) is 8.74. The fraction of sp³-hybridized carbons (Fsp3) is 0.429. The zero-order valence-electron chi connectivity index (χ0n) is 25.3. The molecule has 0 aromatic heterocycles. The van der Waals surface area contributed by atoms with Crippen molar-refractivity contribution >= 4 is 17.6 Å². The molecule has 2 saturated heterocycles. The second-order valence-corrected chi connectivity index (χ2v) is 11.8. The predicted octanol–water partition coefficient (Wildman–Crippen LogP) is 4.98. The summed E-state index contributed by atoms with van der Waals surface area (Å²) in [4.78, 5) is 27.9. The quantitative estimate of drug-likeness (QED) is 0.267. The second-order valence-electron chi connectivity index (χ2n) is 11.8. The molecule has 9 nitrogen and oxygen atoms in total. The maximum absolute atomic E-state index is 12.2. The zero-order chi connectivity index (χ0) is 30.9. The van der Waals surface area contributed by atoms with Gasteiger partial charge < -0.3 is 25.0 Å². The zero-order valence-corrected chi connectivity index (χ0v) is 25.3. The number of piperazine rings is 1. The first-order valence-corrected chi connectivity index (χ1v) is 15.5. The number of anilines is 1. The Morgan fingerprint density at radius 3 is 2.14 bits per heavy atom. The maximum atomic E-state index is 12.2. The Morgan fingerprint density at radius 1 is 0.818 bits per heavy atom. The third-order valence-electron chi connectivity index (χ3n) is 8.54. The van der Waals surface area contributed by atoms with Crippen molar-refractivity contribution in [2.75, 3.05) is 38.0 Å². The molecule has 9 heteroatoms. The first-order valence-electron chi connectivity index (χ1n) is 15.5. The molecule has 2 aliphatic rings. The number of nitrogens with zero attached hydrogens (tertiary/aromatic N) is 2. The summed E-state index contributed by atoms with van der Waals surface area (Å²) in [6.45, 7) is 7.90. The Kier molecular flexibility index (Phi) is 11.1. The molecule has 44 heavy (non-hydrogen) atoms. The number of ether oxygens (including phenoxy) is 2. The molecule has 4 unspecified atom stereocenters. The molecule has 3 aromatic carbocycles. The summed E-state index contributed by atoms with van der Waals surface area (Å²) in [5, 5.41) is 21.2. The summed E-state index contributed by atoms with van der Waals surface area (Å²) in [5.74, 6) is -1.03. The number of rotatable bonds is 12. The molecule has 0 radical (unpaired) electrons. The molecule has 5 rings (SSSR count). The van der Waals surface area contributed by atoms with Gasteiger partial charge in [0.15, 0.2) is 6.29 Å². The summed E-state index contributed by atoms with van der Waals surface area (Å²) < 4.78 is 13.2. The van der Waals surface area contributed by atoms with Crippen LogP contribution in [0.2, 0.25) is 0 Å². The van der Waals surface area contributed by atoms with Gasteiger partial charge >= 0.3 is 5.97 Å². The topological polar surface area (TPSA) is 112 Å². The molecule has 2 fully saturated rings. The van der Waals surface area contributed by atoms with E-state index in [9.17, 15) is 14.7 Å². The Bertz CT molecular complexity index is 1340. The van der Waals surface area contributed by atoms with E-state index in [2.05, 4.69) is 52.4 Å². The number of aliphatic hydroxyl groups excluding tert-OH is 1. The summed E-state index contributed by atoms with van der Waals surface area (Å²) in [6.07, 6.45) is -0.427. The van der Waals surface area contributed by atoms with E-state index in [0.29, 0.717) is 12.1 Å². The van der Waals surface area contributed by atoms with Crippen LogP contribution >= 0.6 is 0 Å². The minimum absolute atomic E-state index is 0.00554. The van der Waals surface area contributed by atoms with E-state index >= 15 is 0 Å². The summed E-state index contributed by atoms with van der Waals surface area (Å²) in [6, 6.07) is 26.0. The molecule has 3 aromatic rings. The van der Waals surface area contributed by atoms with E-state index in [1.807, 2.05) is 48.5 Å². The first-order chi connectivity index (χ1) is 21.4. The minimum atomic E-state index is -0.907. The standard InChI is InChI=1S/C35H43N3O6/c1-25-31(23-38-20-18-37(19-21-38)22-26-6-3-2-4-7-26)43-35(44-34(25)28-12-10-27(24-39)11-13-28)29-14-16-30(17-15-29)36-32(40)8-5-9-33(41)42/h2-4,6-7,10-17,25,31,34-35,39H,5,8-9,18-24H2,1H3,(H,36,40)(H,41,42). The van der Waals surface area contributed by atoms with Crippen LogP contribution < -0.4 is 5.32 Å². The normalized spacial score (nSPS) is 22.9. The van der Waals surface area contributed by atoms with Gasteiger partial charge in [-0.15, -0.1) is 0 Å². The minimum Gasteiger partial charge on any atom is -0.481 e. The monoisotopic (exact) mass is 601 g/mol. The van der Waals surface area contributed by atoms with Crippen LogP contribution in [0.3, 0.4) is 0 Å². The average Bonchev–Trinajstić information content (AvgIpc) is 3.04. The summed E-state index contributed by atoms with van der Waals surface area (Å²) in [7, 11) is 0. The summed E-state index contributed by atoms with van der Waals surface area (Å²) >= 11 is 0. The lowest BCUT2D eigenvalue weighted by Crippen LogP contribution is -2.51. The predicted molar refractivity (Wildman–Crippen MR) is 168 cm³/mol. The van der Waals surface area contributed by atoms with Crippen molar-refractivity contribution in [3.8, 4) is 0 Å². The molecular formula is C35H43N3O6. The number of hydrogen-bond donors (Lipinski definition) is 3. The van der Waals surface area contributed by atoms with Crippen LogP contribution in [0, 0.1) is 5.92 Å². The highest BCUT2D eigenvalue weighted by Gasteiger charge is 2.39. The van der Waals surface area contributed by atoms with E-state index < -0.39 is 12.3 Å². The van der Waals surface area contributed by atoms with E-state index in [1.165, 1.54) is 5.56 Å². The number of carbonyl (C=O) groups is 2. The lowest BCUT2D eigenvalue weighted by Gasteiger charge is -2.44. The van der Waals surface area contributed by atoms with Crippen LogP contribution in [0.4, 0.5) is 5.69 Å². The van der Waals surface area contributed by atoms with Crippen molar-refractivity contribution < 1.29 is 29.3 Å². The Balaban J connectivity index is 1.24. The van der Waals surface area contributed by atoms with Crippen molar-refractivity contribution in [1.82, 2.24) is 9.80 Å². The maximum Gasteiger partial charge on any atom is 0.303 e. The average molecular weight is 602 g/mol. The molecule has 0 saturated carbocycles. The van der Waals surface area contributed by atoms with Crippen LogP contribution in [0.15, 0.2) is 78.9 Å². The van der Waals surface area contributed by atoms with Gasteiger partial charge in [0.2, 0.25) is 5.91 Å². The smallest absolute Gasteiger partial charge is 0.303 e. The first kappa shape index (κ1) is 31.8. The summed E-state index contributed by atoms with van der Waals surface area (Å²) in [5.41, 5.74) is 4.74. The molecule has 2 heterocycles. The second kappa shape index (κ2) is 15.4. The largest absolute Gasteiger partial charge is 0.481 e. The van der Waals surface area contributed by atoms with Crippen LogP contribution in [0.5, 0.6) is 0 Å². The fourth-order valence-corrected chi connectivity index (χ4v) is 5.90. The number of aliphatic carboxylic acids is 1. The third-order valence-corrected chi connectivity index (χ3v) is 8.54. The molecule has 3 N–H and O–H groups in total. The van der Waals surface area contributed by atoms with Gasteiger partial charge in [-0.2, -0.15) is 0 Å². The van der Waals surface area contributed by atoms with Gasteiger partial charge in [-0.25, -0.2) is 0 Å². The molecule has 1 amide bonds. The van der Waals surface area contributed by atoms with Crippen molar-refractivity contribution in [2.45, 2.75) is 57.8 Å². The highest BCUT2D eigenvalue weighted by molar-refractivity contribution is 5.90. The van der Waals surface area contributed by atoms with Gasteiger partial charge in [0.25, 0.3) is 0 Å². The molecule has 0 bridgehead atoms. The van der Waals surface area contributed by atoms with Crippen LogP contribution in [0.25, 0.3) is 0 Å². The van der Waals surface area contributed by atoms with Gasteiger partial charge in [-0.3, -0.25) is 19.4 Å². The van der Waals surface area contributed by atoms with Gasteiger partial charge in [0.05, 0.1) is 18.8 Å². The molecule has 2 aliphatic heterocycles. The van der Waals surface area contributed by atoms with Crippen molar-refractivity contribution in [3.05, 3.63) is 101 Å².